The van der Waals surface area contributed by atoms with Crippen LogP contribution in [0.3, 0.4) is 0 Å². The molecule has 0 radical (unpaired) electrons. The van der Waals surface area contributed by atoms with Crippen molar-refractivity contribution in [2.24, 2.45) is 11.3 Å². The van der Waals surface area contributed by atoms with Crippen LogP contribution >= 0.6 is 11.5 Å². The van der Waals surface area contributed by atoms with Gasteiger partial charge in [0.15, 0.2) is 0 Å². The lowest BCUT2D eigenvalue weighted by Crippen LogP contribution is -2.40. The number of carbonyl (C=O) groups is 3. The third kappa shape index (κ3) is 4.75. The van der Waals surface area contributed by atoms with Gasteiger partial charge in [0.25, 0.3) is 12.4 Å². The van der Waals surface area contributed by atoms with Crippen LogP contribution in [0.5, 0.6) is 0 Å². The molecule has 1 aromatic heterocycles. The Morgan fingerprint density at radius 1 is 1.19 bits per heavy atom. The number of benzene rings is 1. The lowest BCUT2D eigenvalue weighted by Gasteiger charge is -2.27. The van der Waals surface area contributed by atoms with Gasteiger partial charge in [-0.3, -0.25) is 14.4 Å². The van der Waals surface area contributed by atoms with Gasteiger partial charge in [0.1, 0.15) is 4.88 Å². The Bertz CT molecular complexity index is 948. The molecule has 0 saturated carbocycles. The van der Waals surface area contributed by atoms with Gasteiger partial charge >= 0.3 is 0 Å². The molecule has 2 amide bonds. The fourth-order valence-corrected chi connectivity index (χ4v) is 4.94. The number of carbonyl (C=O) groups excluding carboxylic acids is 2. The minimum absolute atomic E-state index is 0.0321. The molecule has 0 bridgehead atoms. The Balaban J connectivity index is 0.000000858. The maximum Gasteiger partial charge on any atom is 0.290 e. The van der Waals surface area contributed by atoms with E-state index < -0.39 is 5.41 Å². The van der Waals surface area contributed by atoms with Gasteiger partial charge < -0.3 is 20.0 Å². The molecule has 10 heteroatoms. The lowest BCUT2D eigenvalue weighted by atomic mass is 9.82. The second-order valence-electron chi connectivity index (χ2n) is 8.13. The maximum atomic E-state index is 12.8. The smallest absolute Gasteiger partial charge is 0.290 e. The normalized spacial score (nSPS) is 22.0. The first kappa shape index (κ1) is 22.8. The second kappa shape index (κ2) is 9.52. The number of fused-ring (bicyclic) bond motifs is 1. The van der Waals surface area contributed by atoms with Gasteiger partial charge in [0, 0.05) is 37.5 Å². The Kier molecular flexibility index (Phi) is 7.01. The largest absolute Gasteiger partial charge is 0.483 e. The van der Waals surface area contributed by atoms with Crippen LogP contribution in [0.4, 0.5) is 0 Å². The molecule has 0 spiro atoms. The molecular weight excluding hydrogens is 420 g/mol. The fourth-order valence-electron chi connectivity index (χ4n) is 4.31. The van der Waals surface area contributed by atoms with E-state index >= 15 is 0 Å². The zero-order valence-corrected chi connectivity index (χ0v) is 18.3. The van der Waals surface area contributed by atoms with Crippen molar-refractivity contribution < 1.29 is 24.6 Å². The highest BCUT2D eigenvalue weighted by molar-refractivity contribution is 7.07. The Morgan fingerprint density at radius 3 is 2.35 bits per heavy atom. The van der Waals surface area contributed by atoms with E-state index in [1.807, 2.05) is 36.1 Å². The summed E-state index contributed by atoms with van der Waals surface area (Å²) >= 11 is 1.11. The molecule has 0 aliphatic carbocycles. The van der Waals surface area contributed by atoms with Crippen molar-refractivity contribution in [1.82, 2.24) is 19.4 Å². The second-order valence-corrected chi connectivity index (χ2v) is 8.89. The molecule has 2 aliphatic rings. The molecule has 31 heavy (non-hydrogen) atoms. The van der Waals surface area contributed by atoms with E-state index in [1.165, 1.54) is 5.56 Å². The minimum atomic E-state index is -0.440. The molecular formula is C21H26N4O5S. The van der Waals surface area contributed by atoms with E-state index in [0.29, 0.717) is 43.2 Å². The van der Waals surface area contributed by atoms with Crippen molar-refractivity contribution in [3.05, 3.63) is 46.0 Å². The van der Waals surface area contributed by atoms with Crippen LogP contribution in [0.25, 0.3) is 0 Å². The molecule has 2 fully saturated rings. The van der Waals surface area contributed by atoms with Crippen LogP contribution in [0.2, 0.25) is 0 Å². The molecule has 0 unspecified atom stereocenters. The third-order valence-corrected chi connectivity index (χ3v) is 6.85. The number of likely N-dealkylation sites (tertiary alicyclic amines) is 2. The molecule has 2 aromatic rings. The summed E-state index contributed by atoms with van der Waals surface area (Å²) in [5, 5.41) is 20.9. The summed E-state index contributed by atoms with van der Waals surface area (Å²) < 4.78 is 3.85. The molecule has 4 rings (SSSR count). The Hall–Kier alpha value is -2.85. The van der Waals surface area contributed by atoms with Crippen molar-refractivity contribution >= 4 is 29.8 Å². The van der Waals surface area contributed by atoms with E-state index in [9.17, 15) is 14.7 Å². The molecule has 3 heterocycles. The SMILES string of the molecule is Cc1ccc(CC(=O)N2C[C@@H]3CN(C(=O)c4snnc4C)C[C@]3(CO)C2)cc1.O=CO. The minimum Gasteiger partial charge on any atom is -0.483 e. The number of aromatic nitrogens is 2. The van der Waals surface area contributed by atoms with E-state index in [-0.39, 0.29) is 30.8 Å². The predicted molar refractivity (Wildman–Crippen MR) is 114 cm³/mol. The molecule has 166 valence electrons. The molecule has 2 atom stereocenters. The number of hydrogen-bond donors (Lipinski definition) is 2. The van der Waals surface area contributed by atoms with Gasteiger partial charge in [-0.25, -0.2) is 0 Å². The number of carboxylic acid groups (broad SMARTS) is 1. The van der Waals surface area contributed by atoms with Crippen LogP contribution < -0.4 is 0 Å². The van der Waals surface area contributed by atoms with Crippen molar-refractivity contribution in [1.29, 1.82) is 0 Å². The van der Waals surface area contributed by atoms with Crippen molar-refractivity contribution in [3.8, 4) is 0 Å². The number of nitrogens with zero attached hydrogens (tertiary/aromatic N) is 4. The number of aliphatic hydroxyl groups excluding tert-OH is 1. The topological polar surface area (TPSA) is 124 Å². The number of amides is 2. The molecule has 2 saturated heterocycles. The standard InChI is InChI=1S/C20H24N4O3S.CH2O2/c1-13-3-5-15(6-4-13)7-17(26)23-8-16-9-24(11-20(16,10-23)12-25)19(27)18-14(2)21-22-28-18;2-1-3/h3-6,16,25H,7-12H2,1-2H3;1H,(H,2,3)/t16-,20+;/m1./s1. The Morgan fingerprint density at radius 2 is 1.81 bits per heavy atom. The zero-order chi connectivity index (χ0) is 22.6. The first-order valence-corrected chi connectivity index (χ1v) is 10.7. The first-order valence-electron chi connectivity index (χ1n) is 9.94. The van der Waals surface area contributed by atoms with Gasteiger partial charge in [0.05, 0.1) is 18.7 Å². The molecule has 9 nitrogen and oxygen atoms in total. The highest BCUT2D eigenvalue weighted by atomic mass is 32.1. The molecule has 2 aliphatic heterocycles. The van der Waals surface area contributed by atoms with Gasteiger partial charge in [0.2, 0.25) is 5.91 Å². The van der Waals surface area contributed by atoms with Crippen LogP contribution in [0.15, 0.2) is 24.3 Å². The van der Waals surface area contributed by atoms with Crippen molar-refractivity contribution in [3.63, 3.8) is 0 Å². The van der Waals surface area contributed by atoms with Gasteiger partial charge in [-0.05, 0) is 30.9 Å². The van der Waals surface area contributed by atoms with Crippen LogP contribution in [0.1, 0.15) is 26.5 Å². The third-order valence-electron chi connectivity index (χ3n) is 6.04. The average molecular weight is 447 g/mol. The van der Waals surface area contributed by atoms with E-state index in [1.54, 1.807) is 11.8 Å². The van der Waals surface area contributed by atoms with Gasteiger partial charge in [-0.1, -0.05) is 34.3 Å². The highest BCUT2D eigenvalue weighted by Gasteiger charge is 2.54. The van der Waals surface area contributed by atoms with Crippen LogP contribution in [0, 0.1) is 25.2 Å². The highest BCUT2D eigenvalue weighted by Crippen LogP contribution is 2.43. The first-order chi connectivity index (χ1) is 14.8. The van der Waals surface area contributed by atoms with E-state index in [0.717, 1.165) is 17.1 Å². The van der Waals surface area contributed by atoms with Crippen molar-refractivity contribution in [2.45, 2.75) is 20.3 Å². The number of rotatable bonds is 4. The number of aryl methyl sites for hydroxylation is 2. The molecule has 1 aromatic carbocycles. The number of hydrogen-bond acceptors (Lipinski definition) is 7. The summed E-state index contributed by atoms with van der Waals surface area (Å²) in [6.45, 7) is 5.59. The van der Waals surface area contributed by atoms with Gasteiger partial charge in [-0.15, -0.1) is 5.10 Å². The summed E-state index contributed by atoms with van der Waals surface area (Å²) in [7, 11) is 0. The lowest BCUT2D eigenvalue weighted by molar-refractivity contribution is -0.130. The quantitative estimate of drug-likeness (QED) is 0.671. The van der Waals surface area contributed by atoms with Gasteiger partial charge in [-0.2, -0.15) is 0 Å². The summed E-state index contributed by atoms with van der Waals surface area (Å²) in [5.74, 6) is 0.0864. The number of aliphatic hydroxyl groups is 1. The summed E-state index contributed by atoms with van der Waals surface area (Å²) in [6, 6.07) is 7.99. The summed E-state index contributed by atoms with van der Waals surface area (Å²) in [6.07, 6.45) is 0.364. The summed E-state index contributed by atoms with van der Waals surface area (Å²) in [5.41, 5.74) is 2.36. The summed E-state index contributed by atoms with van der Waals surface area (Å²) in [4.78, 5) is 38.1. The monoisotopic (exact) mass is 446 g/mol. The van der Waals surface area contributed by atoms with Crippen LogP contribution in [-0.2, 0) is 16.0 Å². The van der Waals surface area contributed by atoms with Crippen LogP contribution in [-0.4, -0.2) is 80.7 Å². The van der Waals surface area contributed by atoms with E-state index in [4.69, 9.17) is 9.90 Å². The zero-order valence-electron chi connectivity index (χ0n) is 17.5. The maximum absolute atomic E-state index is 12.8. The van der Waals surface area contributed by atoms with E-state index in [2.05, 4.69) is 9.59 Å². The fraction of sp³-hybridized carbons (Fsp3) is 0.476. The average Bonchev–Trinajstić information content (AvgIpc) is 3.42. The van der Waals surface area contributed by atoms with Crippen molar-refractivity contribution in [2.75, 3.05) is 32.8 Å². The molecule has 2 N–H and O–H groups in total. The Labute approximate surface area is 184 Å². The predicted octanol–water partition coefficient (Wildman–Crippen LogP) is 0.991.